The number of ether oxygens (including phenoxy) is 2. The zero-order chi connectivity index (χ0) is 41.1. The van der Waals surface area contributed by atoms with Crippen molar-refractivity contribution in [3.8, 4) is 0 Å². The van der Waals surface area contributed by atoms with Crippen molar-refractivity contribution >= 4 is 19.8 Å². The predicted molar refractivity (Wildman–Crippen MR) is 233 cm³/mol. The molecule has 2 unspecified atom stereocenters. The van der Waals surface area contributed by atoms with Crippen LogP contribution in [-0.2, 0) is 32.7 Å². The number of rotatable bonds is 40. The summed E-state index contributed by atoms with van der Waals surface area (Å²) >= 11 is 0. The van der Waals surface area contributed by atoms with Gasteiger partial charge in [0.15, 0.2) is 6.10 Å². The number of allylic oxidation sites excluding steroid dienone is 12. The van der Waals surface area contributed by atoms with Crippen LogP contribution >= 0.6 is 7.82 Å². The van der Waals surface area contributed by atoms with Gasteiger partial charge in [0.25, 0.3) is 0 Å². The highest BCUT2D eigenvalue weighted by Gasteiger charge is 2.26. The number of likely N-dealkylation sites (N-methyl/N-ethyl adjacent to an activating group) is 1. The van der Waals surface area contributed by atoms with Gasteiger partial charge >= 0.3 is 19.8 Å². The van der Waals surface area contributed by atoms with E-state index in [0.29, 0.717) is 13.0 Å². The second kappa shape index (κ2) is 42.1. The van der Waals surface area contributed by atoms with E-state index in [9.17, 15) is 19.0 Å². The van der Waals surface area contributed by atoms with Gasteiger partial charge in [0.1, 0.15) is 6.61 Å². The molecular weight excluding hydrogens is 725 g/mol. The molecule has 2 atom stereocenters. The Kier molecular flexibility index (Phi) is 40.2. The Balaban J connectivity index is 4.32. The van der Waals surface area contributed by atoms with Crippen LogP contribution < -0.4 is 5.32 Å². The van der Waals surface area contributed by atoms with E-state index < -0.39 is 32.5 Å². The highest BCUT2D eigenvalue weighted by molar-refractivity contribution is 7.47. The molecule has 0 fully saturated rings. The molecule has 0 radical (unpaired) electrons. The van der Waals surface area contributed by atoms with Crippen LogP contribution in [0.3, 0.4) is 0 Å². The topological polar surface area (TPSA) is 120 Å². The third-order valence-corrected chi connectivity index (χ3v) is 9.79. The van der Waals surface area contributed by atoms with E-state index in [-0.39, 0.29) is 26.1 Å². The van der Waals surface area contributed by atoms with Crippen molar-refractivity contribution in [2.24, 2.45) is 0 Å². The first-order valence-corrected chi connectivity index (χ1v) is 23.4. The number of carbonyl (C=O) groups is 2. The molecule has 0 aromatic heterocycles. The van der Waals surface area contributed by atoms with Gasteiger partial charge in [-0.05, 0) is 90.5 Å². The summed E-state index contributed by atoms with van der Waals surface area (Å²) in [5, 5.41) is 2.82. The van der Waals surface area contributed by atoms with Gasteiger partial charge in [0, 0.05) is 19.4 Å². The summed E-state index contributed by atoms with van der Waals surface area (Å²) in [6.45, 7) is 4.04. The van der Waals surface area contributed by atoms with E-state index in [2.05, 4.69) is 92.1 Å². The molecule has 0 aliphatic heterocycles. The fourth-order valence-electron chi connectivity index (χ4n) is 5.51. The zero-order valence-corrected chi connectivity index (χ0v) is 36.5. The van der Waals surface area contributed by atoms with Crippen molar-refractivity contribution in [1.29, 1.82) is 0 Å². The van der Waals surface area contributed by atoms with Gasteiger partial charge in [-0.2, -0.15) is 0 Å². The van der Waals surface area contributed by atoms with Gasteiger partial charge in [-0.3, -0.25) is 18.6 Å². The molecule has 0 aliphatic rings. The van der Waals surface area contributed by atoms with Crippen LogP contribution in [0, 0.1) is 0 Å². The van der Waals surface area contributed by atoms with Crippen molar-refractivity contribution in [2.75, 3.05) is 33.4 Å². The molecule has 0 saturated heterocycles. The van der Waals surface area contributed by atoms with E-state index in [0.717, 1.165) is 89.9 Å². The summed E-state index contributed by atoms with van der Waals surface area (Å²) in [7, 11) is -2.67. The first-order valence-electron chi connectivity index (χ1n) is 21.9. The smallest absolute Gasteiger partial charge is 0.462 e. The monoisotopic (exact) mass is 806 g/mol. The Hall–Kier alpha value is -2.55. The molecular formula is C46H80NO8P. The molecule has 10 heteroatoms. The Morgan fingerprint density at radius 3 is 1.55 bits per heavy atom. The molecule has 0 aromatic rings. The van der Waals surface area contributed by atoms with E-state index in [1.165, 1.54) is 44.9 Å². The van der Waals surface area contributed by atoms with Crippen molar-refractivity contribution < 1.29 is 37.6 Å². The standard InChI is InChI=1S/C46H80NO8P/c1-4-6-8-10-12-14-16-18-20-21-22-23-25-27-29-31-33-35-37-39-46(49)55-44(43-54-56(50,51)53-41-40-47-3)42-52-45(48)38-36-34-32-30-28-26-24-19-17-15-13-11-9-7-5-2/h6,8,12,14,18-20,22-24,27,29,44,47H,4-5,7,9-11,13,15-17,21,25-26,28,30-43H2,1-3H3,(H,50,51)/b8-6-,14-12-,20-18-,23-22-,24-19-,29-27-. The van der Waals surface area contributed by atoms with Crippen LogP contribution in [0.15, 0.2) is 72.9 Å². The molecule has 0 spiro atoms. The van der Waals surface area contributed by atoms with Gasteiger partial charge in [0.05, 0.1) is 13.2 Å². The summed E-state index contributed by atoms with van der Waals surface area (Å²) in [6.07, 6.45) is 49.4. The Bertz CT molecular complexity index is 1150. The number of phosphoric acid groups is 1. The Morgan fingerprint density at radius 1 is 0.571 bits per heavy atom. The number of hydrogen-bond donors (Lipinski definition) is 2. The molecule has 2 N–H and O–H groups in total. The lowest BCUT2D eigenvalue weighted by Crippen LogP contribution is -2.29. The van der Waals surface area contributed by atoms with E-state index in [1.807, 2.05) is 0 Å². The number of hydrogen-bond acceptors (Lipinski definition) is 8. The third-order valence-electron chi connectivity index (χ3n) is 8.81. The predicted octanol–water partition coefficient (Wildman–Crippen LogP) is 12.5. The molecule has 9 nitrogen and oxygen atoms in total. The fourth-order valence-corrected chi connectivity index (χ4v) is 6.26. The first-order chi connectivity index (χ1) is 27.3. The van der Waals surface area contributed by atoms with Crippen molar-refractivity contribution in [2.45, 2.75) is 174 Å². The second-order valence-corrected chi connectivity index (χ2v) is 15.6. The average Bonchev–Trinajstić information content (AvgIpc) is 3.18. The molecule has 0 saturated carbocycles. The number of phosphoric ester groups is 1. The number of unbranched alkanes of at least 4 members (excludes halogenated alkanes) is 14. The zero-order valence-electron chi connectivity index (χ0n) is 35.6. The van der Waals surface area contributed by atoms with Crippen LogP contribution in [0.25, 0.3) is 0 Å². The van der Waals surface area contributed by atoms with Gasteiger partial charge in [0.2, 0.25) is 0 Å². The van der Waals surface area contributed by atoms with E-state index in [4.69, 9.17) is 18.5 Å². The molecule has 0 aromatic carbocycles. The number of carbonyl (C=O) groups excluding carboxylic acids is 2. The van der Waals surface area contributed by atoms with Gasteiger partial charge in [-0.1, -0.05) is 145 Å². The maximum Gasteiger partial charge on any atom is 0.472 e. The SMILES string of the molecule is CC/C=C\C/C=C\C/C=C\C/C=C\C/C=C\CCCCCC(=O)OC(COC(=O)CCCCCCC/C=C\CCCCCCCC)COP(=O)(O)OCCNC. The lowest BCUT2D eigenvalue weighted by Gasteiger charge is -2.20. The highest BCUT2D eigenvalue weighted by atomic mass is 31.2. The van der Waals surface area contributed by atoms with Gasteiger partial charge in [-0.15, -0.1) is 0 Å². The summed E-state index contributed by atoms with van der Waals surface area (Å²) in [5.41, 5.74) is 0. The van der Waals surface area contributed by atoms with Crippen molar-refractivity contribution in [3.05, 3.63) is 72.9 Å². The summed E-state index contributed by atoms with van der Waals surface area (Å²) in [5.74, 6) is -0.859. The minimum Gasteiger partial charge on any atom is -0.462 e. The summed E-state index contributed by atoms with van der Waals surface area (Å²) < 4.78 is 33.2. The average molecular weight is 806 g/mol. The minimum absolute atomic E-state index is 0.0285. The van der Waals surface area contributed by atoms with Crippen LogP contribution in [-0.4, -0.2) is 56.3 Å². The largest absolute Gasteiger partial charge is 0.472 e. The maximum absolute atomic E-state index is 12.6. The van der Waals surface area contributed by atoms with Crippen LogP contribution in [0.1, 0.15) is 168 Å². The third kappa shape index (κ3) is 41.1. The van der Waals surface area contributed by atoms with E-state index in [1.54, 1.807) is 7.05 Å². The fraction of sp³-hybridized carbons (Fsp3) is 0.696. The highest BCUT2D eigenvalue weighted by Crippen LogP contribution is 2.43. The van der Waals surface area contributed by atoms with Crippen LogP contribution in [0.5, 0.6) is 0 Å². The number of nitrogens with one attached hydrogen (secondary N) is 1. The van der Waals surface area contributed by atoms with Crippen molar-refractivity contribution in [3.63, 3.8) is 0 Å². The Labute approximate surface area is 342 Å². The lowest BCUT2D eigenvalue weighted by atomic mass is 10.1. The normalized spacial score (nSPS) is 14.0. The van der Waals surface area contributed by atoms with Crippen LogP contribution in [0.2, 0.25) is 0 Å². The molecule has 0 rings (SSSR count). The molecule has 0 bridgehead atoms. The summed E-state index contributed by atoms with van der Waals surface area (Å²) in [6, 6.07) is 0. The molecule has 56 heavy (non-hydrogen) atoms. The minimum atomic E-state index is -4.36. The quantitative estimate of drug-likeness (QED) is 0.0270. The summed E-state index contributed by atoms with van der Waals surface area (Å²) in [4.78, 5) is 35.1. The van der Waals surface area contributed by atoms with Crippen molar-refractivity contribution in [1.82, 2.24) is 5.32 Å². The second-order valence-electron chi connectivity index (χ2n) is 14.1. The lowest BCUT2D eigenvalue weighted by molar-refractivity contribution is -0.161. The van der Waals surface area contributed by atoms with Gasteiger partial charge < -0.3 is 19.7 Å². The first kappa shape index (κ1) is 53.5. The molecule has 0 aliphatic carbocycles. The molecule has 0 amide bonds. The maximum atomic E-state index is 12.6. The Morgan fingerprint density at radius 2 is 1.02 bits per heavy atom. The van der Waals surface area contributed by atoms with Crippen LogP contribution in [0.4, 0.5) is 0 Å². The van der Waals surface area contributed by atoms with E-state index >= 15 is 0 Å². The van der Waals surface area contributed by atoms with Gasteiger partial charge in [-0.25, -0.2) is 4.57 Å². The molecule has 0 heterocycles. The number of esters is 2. The molecule has 322 valence electrons.